The van der Waals surface area contributed by atoms with E-state index >= 15 is 0 Å². The van der Waals surface area contributed by atoms with Gasteiger partial charge in [0, 0.05) is 12.4 Å². The topological polar surface area (TPSA) is 36.7 Å². The summed E-state index contributed by atoms with van der Waals surface area (Å²) in [7, 11) is 0. The molecule has 8 heavy (non-hydrogen) atoms. The van der Waals surface area contributed by atoms with Crippen molar-refractivity contribution in [3.63, 3.8) is 0 Å². The van der Waals surface area contributed by atoms with Crippen LogP contribution in [0.2, 0.25) is 0 Å². The Labute approximate surface area is 47.4 Å². The first kappa shape index (κ1) is 4.79. The highest BCUT2D eigenvalue weighted by atomic mass is 15.4. The van der Waals surface area contributed by atoms with Gasteiger partial charge in [0.2, 0.25) is 0 Å². The minimum Gasteiger partial charge on any atom is -0.265 e. The number of nitriles is 1. The molecule has 1 aromatic rings. The maximum Gasteiger partial charge on any atom is 0.0992 e. The molecule has 1 rings (SSSR count). The molecule has 38 valence electrons. The molecule has 1 heterocycles. The van der Waals surface area contributed by atoms with Crippen molar-refractivity contribution in [2.45, 2.75) is 0 Å². The Balaban J connectivity index is 3.05. The fraction of sp³-hybridized carbons (Fsp3) is 0. The van der Waals surface area contributed by atoms with Gasteiger partial charge in [-0.05, 0) is 12.1 Å². The summed E-state index contributed by atoms with van der Waals surface area (Å²) in [6, 6.07) is 5.32. The molecule has 0 radical (unpaired) electrons. The third-order valence-corrected chi connectivity index (χ3v) is 0.809. The third kappa shape index (κ3) is 0.824. The lowest BCUT2D eigenvalue weighted by Gasteiger charge is -1.79. The lowest BCUT2D eigenvalue weighted by Crippen LogP contribution is -1.71. The van der Waals surface area contributed by atoms with Crippen molar-refractivity contribution in [2.24, 2.45) is 0 Å². The molecule has 2 nitrogen and oxygen atoms in total. The van der Waals surface area contributed by atoms with Gasteiger partial charge in [0.1, 0.15) is 0 Å². The van der Waals surface area contributed by atoms with Crippen molar-refractivity contribution in [3.8, 4) is 6.07 Å². The van der Waals surface area contributed by atoms with E-state index in [2.05, 4.69) is 4.98 Å². The molecule has 1 aromatic heterocycles. The van der Waals surface area contributed by atoms with E-state index in [4.69, 9.17) is 5.26 Å². The normalized spacial score (nSPS) is 7.88. The number of aromatic nitrogens is 1. The minimum atomic E-state index is 0.653. The zero-order valence-corrected chi connectivity index (χ0v) is 4.20. The maximum absolute atomic E-state index is 8.26. The van der Waals surface area contributed by atoms with Crippen LogP contribution in [-0.4, -0.2) is 4.98 Å². The Kier molecular flexibility index (Phi) is 1.25. The van der Waals surface area contributed by atoms with Crippen molar-refractivity contribution in [1.82, 2.24) is 4.98 Å². The molecule has 0 bridgehead atoms. The van der Waals surface area contributed by atoms with Crippen molar-refractivity contribution < 1.29 is 0 Å². The zero-order chi connectivity index (χ0) is 5.82. The van der Waals surface area contributed by atoms with Crippen molar-refractivity contribution in [3.05, 3.63) is 30.1 Å². The Morgan fingerprint density at radius 1 is 1.38 bits per heavy atom. The molecule has 0 fully saturated rings. The van der Waals surface area contributed by atoms with Gasteiger partial charge in [-0.3, -0.25) is 4.98 Å². The van der Waals surface area contributed by atoms with Crippen LogP contribution in [0, 0.1) is 11.3 Å². The minimum absolute atomic E-state index is 0.653. The fourth-order valence-electron chi connectivity index (χ4n) is 0.426. The fourth-order valence-corrected chi connectivity index (χ4v) is 0.426. The SMILES string of the molecule is N#Cc1cc[15n]cc1. The van der Waals surface area contributed by atoms with Gasteiger partial charge >= 0.3 is 0 Å². The van der Waals surface area contributed by atoms with Crippen molar-refractivity contribution in [1.29, 1.82) is 5.26 Å². The zero-order valence-electron chi connectivity index (χ0n) is 4.20. The third-order valence-electron chi connectivity index (χ3n) is 0.809. The molecule has 0 aliphatic carbocycles. The summed E-state index contributed by atoms with van der Waals surface area (Å²) >= 11 is 0. The number of hydrogen-bond donors (Lipinski definition) is 0. The number of rotatable bonds is 0. The Hall–Kier alpha value is -1.36. The van der Waals surface area contributed by atoms with Gasteiger partial charge in [-0.25, -0.2) is 0 Å². The van der Waals surface area contributed by atoms with Crippen LogP contribution in [0.3, 0.4) is 0 Å². The molecule has 0 amide bonds. The van der Waals surface area contributed by atoms with E-state index in [0.29, 0.717) is 5.56 Å². The van der Waals surface area contributed by atoms with Crippen molar-refractivity contribution in [2.75, 3.05) is 0 Å². The van der Waals surface area contributed by atoms with E-state index in [1.54, 1.807) is 24.5 Å². The van der Waals surface area contributed by atoms with E-state index < -0.39 is 0 Å². The van der Waals surface area contributed by atoms with Gasteiger partial charge in [0.15, 0.2) is 0 Å². The first-order chi connectivity index (χ1) is 3.93. The van der Waals surface area contributed by atoms with E-state index in [-0.39, 0.29) is 0 Å². The summed E-state index contributed by atoms with van der Waals surface area (Å²) in [6.07, 6.45) is 3.19. The number of pyridine rings is 1. The number of nitrogens with zero attached hydrogens (tertiary/aromatic N) is 2. The second-order valence-corrected chi connectivity index (χ2v) is 1.35. The first-order valence-corrected chi connectivity index (χ1v) is 2.23. The molecule has 0 aliphatic rings. The summed E-state index contributed by atoms with van der Waals surface area (Å²) in [6.45, 7) is 0. The number of hydrogen-bond acceptors (Lipinski definition) is 2. The van der Waals surface area contributed by atoms with Crippen LogP contribution in [0.4, 0.5) is 0 Å². The van der Waals surface area contributed by atoms with E-state index in [1.807, 2.05) is 6.07 Å². The quantitative estimate of drug-likeness (QED) is 0.492. The van der Waals surface area contributed by atoms with Crippen LogP contribution in [-0.2, 0) is 0 Å². The second kappa shape index (κ2) is 2.08. The Morgan fingerprint density at radius 3 is 2.38 bits per heavy atom. The van der Waals surface area contributed by atoms with Gasteiger partial charge in [-0.1, -0.05) is 0 Å². The van der Waals surface area contributed by atoms with Crippen LogP contribution in [0.1, 0.15) is 5.56 Å². The molecule has 0 atom stereocenters. The lowest BCUT2D eigenvalue weighted by molar-refractivity contribution is 1.31. The average Bonchev–Trinajstić information content (AvgIpc) is 1.90. The van der Waals surface area contributed by atoms with Crippen molar-refractivity contribution >= 4 is 0 Å². The highest BCUT2D eigenvalue weighted by Crippen LogP contribution is 1.89. The largest absolute Gasteiger partial charge is 0.265 e. The monoisotopic (exact) mass is 105 g/mol. The predicted molar refractivity (Wildman–Crippen MR) is 29.0 cm³/mol. The summed E-state index contributed by atoms with van der Waals surface area (Å²) in [5.41, 5.74) is 0.653. The van der Waals surface area contributed by atoms with Gasteiger partial charge in [-0.2, -0.15) is 5.26 Å². The van der Waals surface area contributed by atoms with Crippen LogP contribution in [0.15, 0.2) is 24.5 Å². The van der Waals surface area contributed by atoms with Gasteiger partial charge in [0.25, 0.3) is 0 Å². The highest BCUT2D eigenvalue weighted by molar-refractivity contribution is 5.24. The molecule has 0 N–H and O–H groups in total. The predicted octanol–water partition coefficient (Wildman–Crippen LogP) is 0.953. The Bertz CT molecular complexity index is 198. The molecular formula is C6H4N2. The molecule has 0 saturated heterocycles. The summed E-state index contributed by atoms with van der Waals surface area (Å²) in [5.74, 6) is 0. The molecule has 0 aliphatic heterocycles. The van der Waals surface area contributed by atoms with Crippen LogP contribution in [0.5, 0.6) is 0 Å². The van der Waals surface area contributed by atoms with E-state index in [9.17, 15) is 0 Å². The molecule has 0 spiro atoms. The van der Waals surface area contributed by atoms with Crippen LogP contribution in [0.25, 0.3) is 0 Å². The van der Waals surface area contributed by atoms with Crippen LogP contribution < -0.4 is 0 Å². The molecule has 0 unspecified atom stereocenters. The second-order valence-electron chi connectivity index (χ2n) is 1.35. The summed E-state index contributed by atoms with van der Waals surface area (Å²) in [4.78, 5) is 3.74. The molecule has 0 saturated carbocycles. The highest BCUT2D eigenvalue weighted by Gasteiger charge is 1.80. The maximum atomic E-state index is 8.26. The average molecular weight is 105 g/mol. The summed E-state index contributed by atoms with van der Waals surface area (Å²) < 4.78 is 0. The molecule has 2 heteroatoms. The molecular weight excluding hydrogens is 101 g/mol. The Morgan fingerprint density at radius 2 is 2.00 bits per heavy atom. The van der Waals surface area contributed by atoms with E-state index in [1.165, 1.54) is 0 Å². The van der Waals surface area contributed by atoms with Gasteiger partial charge < -0.3 is 0 Å². The first-order valence-electron chi connectivity index (χ1n) is 2.23. The van der Waals surface area contributed by atoms with Crippen LogP contribution >= 0.6 is 0 Å². The standard InChI is InChI=1S/C6H4N2/c7-5-6-1-3-8-4-2-6/h1-4H/i8+1. The lowest BCUT2D eigenvalue weighted by atomic mass is 10.3. The molecule has 0 aromatic carbocycles. The van der Waals surface area contributed by atoms with Gasteiger partial charge in [0.05, 0.1) is 11.6 Å². The van der Waals surface area contributed by atoms with E-state index in [0.717, 1.165) is 0 Å². The smallest absolute Gasteiger partial charge is 0.0992 e. The van der Waals surface area contributed by atoms with Gasteiger partial charge in [-0.15, -0.1) is 0 Å². The summed E-state index contributed by atoms with van der Waals surface area (Å²) in [5, 5.41) is 8.26.